The van der Waals surface area contributed by atoms with E-state index in [9.17, 15) is 18.0 Å². The van der Waals surface area contributed by atoms with Crippen molar-refractivity contribution in [2.45, 2.75) is 39.9 Å². The van der Waals surface area contributed by atoms with Gasteiger partial charge in [-0.3, -0.25) is 9.69 Å². The number of hydrogen-bond donors (Lipinski definition) is 1. The van der Waals surface area contributed by atoms with Crippen molar-refractivity contribution in [3.05, 3.63) is 40.9 Å². The van der Waals surface area contributed by atoms with Crippen LogP contribution >= 0.6 is 11.3 Å². The zero-order chi connectivity index (χ0) is 20.5. The first kappa shape index (κ1) is 20.8. The number of aromatic nitrogens is 1. The molecular formula is C20H25F3N3OS+. The van der Waals surface area contributed by atoms with Gasteiger partial charge in [0, 0.05) is 24.1 Å². The molecule has 1 N–H and O–H groups in total. The normalized spacial score (nSPS) is 22.9. The summed E-state index contributed by atoms with van der Waals surface area (Å²) in [7, 11) is 0. The van der Waals surface area contributed by atoms with Crippen LogP contribution in [0.4, 0.5) is 24.0 Å². The largest absolute Gasteiger partial charge is 0.416 e. The molecule has 1 amide bonds. The summed E-state index contributed by atoms with van der Waals surface area (Å²) in [5, 5.41) is 2.30. The molecule has 3 rings (SSSR count). The van der Waals surface area contributed by atoms with Gasteiger partial charge in [-0.25, -0.2) is 4.98 Å². The second kappa shape index (κ2) is 8.21. The molecule has 1 aliphatic rings. The number of carbonyl (C=O) groups is 1. The van der Waals surface area contributed by atoms with E-state index in [1.807, 2.05) is 5.38 Å². The summed E-state index contributed by atoms with van der Waals surface area (Å²) < 4.78 is 39.1. The molecule has 2 aromatic rings. The third-order valence-electron chi connectivity index (χ3n) is 4.99. The van der Waals surface area contributed by atoms with E-state index < -0.39 is 11.7 Å². The first-order valence-electron chi connectivity index (χ1n) is 9.39. The van der Waals surface area contributed by atoms with Gasteiger partial charge in [0.05, 0.1) is 24.3 Å². The standard InChI is InChI=1S/C20H24F3N3OS/c1-13-7-14(2)10-25(9-13)11-17-12-28-19(24-17)26(15(3)27)18-6-4-5-16(8-18)20(21,22)23/h4-6,8,12-14H,7,9-11H2,1-3H3/p+1/t13-,14+. The zero-order valence-corrected chi connectivity index (χ0v) is 17.0. The lowest BCUT2D eigenvalue weighted by molar-refractivity contribution is -0.925. The number of piperidine rings is 1. The maximum atomic E-state index is 13.0. The van der Waals surface area contributed by atoms with Crippen LogP contribution in [0.5, 0.6) is 0 Å². The monoisotopic (exact) mass is 412 g/mol. The van der Waals surface area contributed by atoms with Crippen molar-refractivity contribution in [2.75, 3.05) is 18.0 Å². The molecule has 0 spiro atoms. The minimum atomic E-state index is -4.46. The first-order chi connectivity index (χ1) is 13.1. The van der Waals surface area contributed by atoms with E-state index in [2.05, 4.69) is 18.8 Å². The van der Waals surface area contributed by atoms with Gasteiger partial charge in [0.15, 0.2) is 5.13 Å². The predicted molar refractivity (Wildman–Crippen MR) is 104 cm³/mol. The summed E-state index contributed by atoms with van der Waals surface area (Å²) in [6, 6.07) is 4.79. The quantitative estimate of drug-likeness (QED) is 0.827. The number of quaternary nitrogens is 1. The average Bonchev–Trinajstić information content (AvgIpc) is 3.01. The van der Waals surface area contributed by atoms with Gasteiger partial charge in [0.2, 0.25) is 5.91 Å². The minimum Gasteiger partial charge on any atom is -0.329 e. The summed E-state index contributed by atoms with van der Waals surface area (Å²) in [5.74, 6) is 0.958. The molecule has 1 fully saturated rings. The van der Waals surface area contributed by atoms with Gasteiger partial charge in [-0.1, -0.05) is 19.9 Å². The molecule has 1 aromatic heterocycles. The number of hydrogen-bond acceptors (Lipinski definition) is 3. The SMILES string of the molecule is CC(=O)N(c1cccc(C(F)(F)F)c1)c1nc(C[NH+]2C[C@H](C)C[C@H](C)C2)cs1. The molecule has 152 valence electrons. The number of carbonyl (C=O) groups excluding carboxylic acids is 1. The van der Waals surface area contributed by atoms with Crippen molar-refractivity contribution < 1.29 is 22.9 Å². The van der Waals surface area contributed by atoms with Gasteiger partial charge in [0.1, 0.15) is 12.2 Å². The van der Waals surface area contributed by atoms with Crippen molar-refractivity contribution >= 4 is 28.1 Å². The highest BCUT2D eigenvalue weighted by molar-refractivity contribution is 7.14. The predicted octanol–water partition coefficient (Wildman–Crippen LogP) is 3.91. The summed E-state index contributed by atoms with van der Waals surface area (Å²) in [5.41, 5.74) is 0.263. The minimum absolute atomic E-state index is 0.177. The lowest BCUT2D eigenvalue weighted by Crippen LogP contribution is -3.13. The Kier molecular flexibility index (Phi) is 6.09. The lowest BCUT2D eigenvalue weighted by atomic mass is 9.92. The number of nitrogens with one attached hydrogen (secondary N) is 1. The Bertz CT molecular complexity index is 826. The Hall–Kier alpha value is -1.93. The van der Waals surface area contributed by atoms with Gasteiger partial charge in [0.25, 0.3) is 0 Å². The van der Waals surface area contributed by atoms with Crippen molar-refractivity contribution in [1.29, 1.82) is 0 Å². The number of amides is 1. The molecular weight excluding hydrogens is 387 g/mol. The molecule has 8 heteroatoms. The Labute approximate surface area is 167 Å². The molecule has 28 heavy (non-hydrogen) atoms. The zero-order valence-electron chi connectivity index (χ0n) is 16.2. The summed E-state index contributed by atoms with van der Waals surface area (Å²) in [6.45, 7) is 8.78. The summed E-state index contributed by atoms with van der Waals surface area (Å²) >= 11 is 1.28. The van der Waals surface area contributed by atoms with E-state index >= 15 is 0 Å². The van der Waals surface area contributed by atoms with Crippen LogP contribution in [0.25, 0.3) is 0 Å². The number of benzene rings is 1. The van der Waals surface area contributed by atoms with E-state index in [0.717, 1.165) is 37.5 Å². The molecule has 4 nitrogen and oxygen atoms in total. The van der Waals surface area contributed by atoms with Crippen LogP contribution in [-0.4, -0.2) is 24.0 Å². The number of rotatable bonds is 4. The molecule has 0 aliphatic carbocycles. The highest BCUT2D eigenvalue weighted by Crippen LogP contribution is 2.34. The second-order valence-corrected chi connectivity index (χ2v) is 8.64. The third-order valence-corrected chi connectivity index (χ3v) is 5.86. The molecule has 0 saturated carbocycles. The smallest absolute Gasteiger partial charge is 0.329 e. The van der Waals surface area contributed by atoms with Gasteiger partial charge in [-0.15, -0.1) is 11.3 Å². The Balaban J connectivity index is 1.82. The van der Waals surface area contributed by atoms with Gasteiger partial charge < -0.3 is 4.90 Å². The van der Waals surface area contributed by atoms with Crippen molar-refractivity contribution in [3.8, 4) is 0 Å². The van der Waals surface area contributed by atoms with Crippen LogP contribution in [0.3, 0.4) is 0 Å². The topological polar surface area (TPSA) is 37.6 Å². The number of likely N-dealkylation sites (tertiary alicyclic amines) is 1. The summed E-state index contributed by atoms with van der Waals surface area (Å²) in [4.78, 5) is 19.5. The first-order valence-corrected chi connectivity index (χ1v) is 10.3. The van der Waals surface area contributed by atoms with E-state index in [4.69, 9.17) is 0 Å². The van der Waals surface area contributed by atoms with Crippen LogP contribution < -0.4 is 9.80 Å². The molecule has 1 saturated heterocycles. The number of halogens is 3. The Morgan fingerprint density at radius 2 is 1.96 bits per heavy atom. The van der Waals surface area contributed by atoms with Crippen LogP contribution in [-0.2, 0) is 17.5 Å². The number of nitrogens with zero attached hydrogens (tertiary/aromatic N) is 2. The molecule has 1 unspecified atom stereocenters. The van der Waals surface area contributed by atoms with Crippen LogP contribution in [0.1, 0.15) is 38.4 Å². The summed E-state index contributed by atoms with van der Waals surface area (Å²) in [6.07, 6.45) is -3.23. The molecule has 1 aliphatic heterocycles. The van der Waals surface area contributed by atoms with Crippen LogP contribution in [0, 0.1) is 11.8 Å². The highest BCUT2D eigenvalue weighted by Gasteiger charge is 2.32. The van der Waals surface area contributed by atoms with E-state index in [1.54, 1.807) is 0 Å². The van der Waals surface area contributed by atoms with Gasteiger partial charge >= 0.3 is 6.18 Å². The van der Waals surface area contributed by atoms with E-state index in [1.165, 1.54) is 46.6 Å². The molecule has 3 atom stereocenters. The number of anilines is 2. The average molecular weight is 413 g/mol. The van der Waals surface area contributed by atoms with Gasteiger partial charge in [-0.2, -0.15) is 13.2 Å². The maximum absolute atomic E-state index is 13.0. The van der Waals surface area contributed by atoms with Crippen molar-refractivity contribution in [1.82, 2.24) is 4.98 Å². The van der Waals surface area contributed by atoms with E-state index in [0.29, 0.717) is 17.0 Å². The lowest BCUT2D eigenvalue weighted by Gasteiger charge is -2.31. The fourth-order valence-corrected chi connectivity index (χ4v) is 4.94. The van der Waals surface area contributed by atoms with Crippen LogP contribution in [0.2, 0.25) is 0 Å². The van der Waals surface area contributed by atoms with Crippen molar-refractivity contribution in [2.24, 2.45) is 11.8 Å². The van der Waals surface area contributed by atoms with Gasteiger partial charge in [-0.05, 0) is 24.6 Å². The molecule has 2 heterocycles. The fraction of sp³-hybridized carbons (Fsp3) is 0.500. The molecule has 0 radical (unpaired) electrons. The van der Waals surface area contributed by atoms with Crippen LogP contribution in [0.15, 0.2) is 29.6 Å². The second-order valence-electron chi connectivity index (χ2n) is 7.81. The van der Waals surface area contributed by atoms with E-state index in [-0.39, 0.29) is 11.6 Å². The molecule has 0 bridgehead atoms. The third kappa shape index (κ3) is 4.91. The maximum Gasteiger partial charge on any atom is 0.416 e. The molecule has 1 aromatic carbocycles. The highest BCUT2D eigenvalue weighted by atomic mass is 32.1. The van der Waals surface area contributed by atoms with Crippen molar-refractivity contribution in [3.63, 3.8) is 0 Å². The Morgan fingerprint density at radius 3 is 2.57 bits per heavy atom. The fourth-order valence-electron chi connectivity index (χ4n) is 4.05. The Morgan fingerprint density at radius 1 is 1.29 bits per heavy atom. The number of alkyl halides is 3. The number of thiazole rings is 1.